The van der Waals surface area contributed by atoms with E-state index in [9.17, 15) is 10.1 Å². The predicted octanol–water partition coefficient (Wildman–Crippen LogP) is 3.66. The fourth-order valence-corrected chi connectivity index (χ4v) is 2.14. The number of non-ortho nitro benzene ring substituents is 1. The SMILES string of the molecule is C[C@@H](Oc1ccccc1C#N)c1nnc(-c2ccc([N+](=O)[O-])cc2)o1. The minimum Gasteiger partial charge on any atom is -0.480 e. The molecule has 8 nitrogen and oxygen atoms in total. The summed E-state index contributed by atoms with van der Waals surface area (Å²) >= 11 is 0. The smallest absolute Gasteiger partial charge is 0.269 e. The van der Waals surface area contributed by atoms with Crippen molar-refractivity contribution in [1.82, 2.24) is 10.2 Å². The van der Waals surface area contributed by atoms with Crippen LogP contribution in [0.25, 0.3) is 11.5 Å². The summed E-state index contributed by atoms with van der Waals surface area (Å²) in [5, 5.41) is 27.6. The summed E-state index contributed by atoms with van der Waals surface area (Å²) < 4.78 is 11.3. The highest BCUT2D eigenvalue weighted by Crippen LogP contribution is 2.27. The van der Waals surface area contributed by atoms with Gasteiger partial charge in [-0.1, -0.05) is 12.1 Å². The number of nitrogens with zero attached hydrogens (tertiary/aromatic N) is 4. The van der Waals surface area contributed by atoms with E-state index < -0.39 is 11.0 Å². The van der Waals surface area contributed by atoms with E-state index in [1.807, 2.05) is 0 Å². The molecule has 1 aromatic heterocycles. The van der Waals surface area contributed by atoms with Gasteiger partial charge >= 0.3 is 0 Å². The van der Waals surface area contributed by atoms with Crippen molar-refractivity contribution in [3.8, 4) is 23.3 Å². The van der Waals surface area contributed by atoms with E-state index >= 15 is 0 Å². The first-order valence-corrected chi connectivity index (χ1v) is 7.32. The number of nitro groups is 1. The molecule has 8 heteroatoms. The molecule has 0 spiro atoms. The molecule has 0 bridgehead atoms. The molecule has 0 saturated carbocycles. The summed E-state index contributed by atoms with van der Waals surface area (Å²) in [6.07, 6.45) is -0.561. The average molecular weight is 336 g/mol. The van der Waals surface area contributed by atoms with E-state index in [-0.39, 0.29) is 17.5 Å². The van der Waals surface area contributed by atoms with Crippen LogP contribution < -0.4 is 4.74 Å². The van der Waals surface area contributed by atoms with Crippen molar-refractivity contribution in [3.05, 3.63) is 70.1 Å². The van der Waals surface area contributed by atoms with E-state index in [4.69, 9.17) is 14.4 Å². The quantitative estimate of drug-likeness (QED) is 0.515. The summed E-state index contributed by atoms with van der Waals surface area (Å²) in [6, 6.07) is 14.7. The van der Waals surface area contributed by atoms with Gasteiger partial charge in [0.1, 0.15) is 11.8 Å². The summed E-state index contributed by atoms with van der Waals surface area (Å²) in [4.78, 5) is 10.2. The Morgan fingerprint density at radius 1 is 1.20 bits per heavy atom. The Labute approximate surface area is 142 Å². The third kappa shape index (κ3) is 3.45. The number of aromatic nitrogens is 2. The first-order valence-electron chi connectivity index (χ1n) is 7.32. The zero-order valence-corrected chi connectivity index (χ0v) is 13.1. The Morgan fingerprint density at radius 3 is 2.60 bits per heavy atom. The summed E-state index contributed by atoms with van der Waals surface area (Å²) in [6.45, 7) is 1.72. The number of hydrogen-bond donors (Lipinski definition) is 0. The van der Waals surface area contributed by atoms with E-state index in [2.05, 4.69) is 16.3 Å². The van der Waals surface area contributed by atoms with Crippen molar-refractivity contribution in [3.63, 3.8) is 0 Å². The summed E-state index contributed by atoms with van der Waals surface area (Å²) in [5.41, 5.74) is 0.951. The average Bonchev–Trinajstić information content (AvgIpc) is 3.12. The van der Waals surface area contributed by atoms with Crippen molar-refractivity contribution in [2.24, 2.45) is 0 Å². The molecule has 3 rings (SSSR count). The van der Waals surface area contributed by atoms with Gasteiger partial charge in [0.05, 0.1) is 10.5 Å². The van der Waals surface area contributed by atoms with Gasteiger partial charge in [0.25, 0.3) is 11.6 Å². The fraction of sp³-hybridized carbons (Fsp3) is 0.118. The predicted molar refractivity (Wildman–Crippen MR) is 86.6 cm³/mol. The highest BCUT2D eigenvalue weighted by molar-refractivity contribution is 5.55. The molecule has 0 aliphatic carbocycles. The molecule has 0 N–H and O–H groups in total. The molecule has 0 unspecified atom stereocenters. The normalized spacial score (nSPS) is 11.5. The first-order chi connectivity index (χ1) is 12.1. The summed E-state index contributed by atoms with van der Waals surface area (Å²) in [5.74, 6) is 0.891. The van der Waals surface area contributed by atoms with Crippen molar-refractivity contribution in [2.45, 2.75) is 13.0 Å². The maximum Gasteiger partial charge on any atom is 0.269 e. The second-order valence-corrected chi connectivity index (χ2v) is 5.12. The van der Waals surface area contributed by atoms with Gasteiger partial charge in [-0.2, -0.15) is 5.26 Å². The largest absolute Gasteiger partial charge is 0.480 e. The molecule has 3 aromatic rings. The lowest BCUT2D eigenvalue weighted by Gasteiger charge is -2.11. The second-order valence-electron chi connectivity index (χ2n) is 5.12. The van der Waals surface area contributed by atoms with Crippen molar-refractivity contribution < 1.29 is 14.1 Å². The minimum atomic E-state index is -0.561. The van der Waals surface area contributed by atoms with Gasteiger partial charge in [-0.05, 0) is 31.2 Å². The fourth-order valence-electron chi connectivity index (χ4n) is 2.14. The molecule has 25 heavy (non-hydrogen) atoms. The molecular formula is C17H12N4O4. The third-order valence-electron chi connectivity index (χ3n) is 3.42. The molecule has 0 aliphatic rings. The van der Waals surface area contributed by atoms with Crippen LogP contribution >= 0.6 is 0 Å². The number of rotatable bonds is 5. The van der Waals surface area contributed by atoms with Gasteiger partial charge in [0.15, 0.2) is 6.10 Å². The molecule has 2 aromatic carbocycles. The Balaban J connectivity index is 1.78. The Bertz CT molecular complexity index is 944. The zero-order chi connectivity index (χ0) is 17.8. The van der Waals surface area contributed by atoms with E-state index in [1.54, 1.807) is 31.2 Å². The standard InChI is InChI=1S/C17H12N4O4/c1-11(24-15-5-3-2-4-13(15)10-18)16-19-20-17(25-16)12-6-8-14(9-7-12)21(22)23/h2-9,11H,1H3/t11-/m1/s1. The van der Waals surface area contributed by atoms with Crippen LogP contribution in [0.2, 0.25) is 0 Å². The second kappa shape index (κ2) is 6.80. The van der Waals surface area contributed by atoms with Crippen LogP contribution in [0.4, 0.5) is 5.69 Å². The monoisotopic (exact) mass is 336 g/mol. The first kappa shape index (κ1) is 16.1. The number of para-hydroxylation sites is 1. The maximum atomic E-state index is 10.7. The van der Waals surface area contributed by atoms with Crippen molar-refractivity contribution in [2.75, 3.05) is 0 Å². The van der Waals surface area contributed by atoms with Crippen LogP contribution in [-0.2, 0) is 0 Å². The molecular weight excluding hydrogens is 324 g/mol. The van der Waals surface area contributed by atoms with E-state index in [0.29, 0.717) is 16.9 Å². The molecule has 124 valence electrons. The lowest BCUT2D eigenvalue weighted by molar-refractivity contribution is -0.384. The molecule has 0 fully saturated rings. The Kier molecular flexibility index (Phi) is 4.39. The van der Waals surface area contributed by atoms with Crippen LogP contribution in [0, 0.1) is 21.4 Å². The van der Waals surface area contributed by atoms with Crippen LogP contribution in [0.5, 0.6) is 5.75 Å². The molecule has 0 radical (unpaired) electrons. The van der Waals surface area contributed by atoms with Gasteiger partial charge < -0.3 is 9.15 Å². The number of hydrogen-bond acceptors (Lipinski definition) is 7. The number of benzene rings is 2. The van der Waals surface area contributed by atoms with E-state index in [1.165, 1.54) is 24.3 Å². The van der Waals surface area contributed by atoms with Crippen molar-refractivity contribution in [1.29, 1.82) is 5.26 Å². The van der Waals surface area contributed by atoms with Crippen LogP contribution in [-0.4, -0.2) is 15.1 Å². The molecule has 1 atom stereocenters. The highest BCUT2D eigenvalue weighted by Gasteiger charge is 2.18. The molecule has 0 aliphatic heterocycles. The highest BCUT2D eigenvalue weighted by atomic mass is 16.6. The molecule has 1 heterocycles. The van der Waals surface area contributed by atoms with Gasteiger partial charge in [0.2, 0.25) is 5.89 Å². The van der Waals surface area contributed by atoms with Crippen LogP contribution in [0.3, 0.4) is 0 Å². The zero-order valence-electron chi connectivity index (χ0n) is 13.1. The van der Waals surface area contributed by atoms with Gasteiger partial charge in [-0.15, -0.1) is 10.2 Å². The summed E-state index contributed by atoms with van der Waals surface area (Å²) in [7, 11) is 0. The van der Waals surface area contributed by atoms with Gasteiger partial charge in [0, 0.05) is 17.7 Å². The van der Waals surface area contributed by atoms with Crippen molar-refractivity contribution >= 4 is 5.69 Å². The van der Waals surface area contributed by atoms with Crippen LogP contribution in [0.15, 0.2) is 52.9 Å². The lowest BCUT2D eigenvalue weighted by Crippen LogP contribution is -2.04. The van der Waals surface area contributed by atoms with Gasteiger partial charge in [-0.25, -0.2) is 0 Å². The van der Waals surface area contributed by atoms with E-state index in [0.717, 1.165) is 0 Å². The van der Waals surface area contributed by atoms with Gasteiger partial charge in [-0.3, -0.25) is 10.1 Å². The lowest BCUT2D eigenvalue weighted by atomic mass is 10.2. The minimum absolute atomic E-state index is 0.0201. The van der Waals surface area contributed by atoms with Crippen LogP contribution in [0.1, 0.15) is 24.5 Å². The number of nitro benzene ring substituents is 1. The Morgan fingerprint density at radius 2 is 1.92 bits per heavy atom. The molecule has 0 saturated heterocycles. The Hall–Kier alpha value is -3.73. The third-order valence-corrected chi connectivity index (χ3v) is 3.42. The maximum absolute atomic E-state index is 10.7. The topological polar surface area (TPSA) is 115 Å². The molecule has 0 amide bonds. The number of ether oxygens (including phenoxy) is 1. The number of nitriles is 1.